The summed E-state index contributed by atoms with van der Waals surface area (Å²) in [5.41, 5.74) is 0.932. The van der Waals surface area contributed by atoms with Crippen molar-refractivity contribution >= 4 is 23.2 Å². The van der Waals surface area contributed by atoms with Crippen LogP contribution in [0.25, 0.3) is 0 Å². The van der Waals surface area contributed by atoms with Gasteiger partial charge >= 0.3 is 0 Å². The zero-order valence-corrected chi connectivity index (χ0v) is 8.92. The van der Waals surface area contributed by atoms with Gasteiger partial charge in [0.15, 0.2) is 6.23 Å². The van der Waals surface area contributed by atoms with E-state index in [4.69, 9.17) is 28.0 Å². The van der Waals surface area contributed by atoms with E-state index in [0.29, 0.717) is 17.7 Å². The highest BCUT2D eigenvalue weighted by atomic mass is 35.5. The molecule has 2 rings (SSSR count). The number of alkyl halides is 1. The van der Waals surface area contributed by atoms with Crippen molar-refractivity contribution in [1.29, 1.82) is 0 Å². The molecule has 1 aliphatic rings. The monoisotopic (exact) mass is 232 g/mol. The Balaban J connectivity index is 2.13. The highest BCUT2D eigenvalue weighted by Gasteiger charge is 2.24. The van der Waals surface area contributed by atoms with Gasteiger partial charge in [0.2, 0.25) is 0 Å². The first-order chi connectivity index (χ1) is 6.81. The number of halogens is 2. The number of benzene rings is 1. The van der Waals surface area contributed by atoms with Crippen LogP contribution in [0.4, 0.5) is 0 Å². The third kappa shape index (κ3) is 2.02. The maximum Gasteiger partial charge on any atom is 0.158 e. The highest BCUT2D eigenvalue weighted by molar-refractivity contribution is 6.31. The number of hydrogen-bond donors (Lipinski definition) is 1. The number of hydroxylamine groups is 2. The fourth-order valence-corrected chi connectivity index (χ4v) is 1.71. The smallest absolute Gasteiger partial charge is 0.158 e. The molecule has 1 saturated heterocycles. The molecular formula is C9H10Cl2N2O. The average molecular weight is 233 g/mol. The first-order valence-electron chi connectivity index (χ1n) is 4.27. The molecule has 1 atom stereocenters. The fourth-order valence-electron chi connectivity index (χ4n) is 1.33. The fraction of sp³-hybridized carbons (Fsp3) is 0.333. The molecule has 76 valence electrons. The van der Waals surface area contributed by atoms with Crippen molar-refractivity contribution in [3.05, 3.63) is 34.9 Å². The molecule has 1 N–H and O–H groups in total. The Kier molecular flexibility index (Phi) is 3.26. The van der Waals surface area contributed by atoms with E-state index in [1.54, 1.807) is 5.06 Å². The molecule has 0 aromatic heterocycles. The van der Waals surface area contributed by atoms with Crippen LogP contribution in [-0.2, 0) is 4.84 Å². The topological polar surface area (TPSA) is 24.5 Å². The molecular weight excluding hydrogens is 223 g/mol. The summed E-state index contributed by atoms with van der Waals surface area (Å²) in [5, 5.41) is 5.48. The average Bonchev–Trinajstić information content (AvgIpc) is 2.67. The lowest BCUT2D eigenvalue weighted by Gasteiger charge is -2.13. The van der Waals surface area contributed by atoms with E-state index in [1.165, 1.54) is 0 Å². The van der Waals surface area contributed by atoms with Crippen molar-refractivity contribution < 1.29 is 4.84 Å². The van der Waals surface area contributed by atoms with Crippen LogP contribution < -0.4 is 5.32 Å². The summed E-state index contributed by atoms with van der Waals surface area (Å²) in [4.78, 5) is 5.48. The number of nitrogens with zero attached hydrogens (tertiary/aromatic N) is 1. The Morgan fingerprint density at radius 1 is 1.50 bits per heavy atom. The minimum Gasteiger partial charge on any atom is -0.273 e. The Morgan fingerprint density at radius 3 is 2.93 bits per heavy atom. The first kappa shape index (κ1) is 10.2. The number of nitrogens with one attached hydrogen (secondary N) is 1. The maximum absolute atomic E-state index is 6.02. The normalized spacial score (nSPS) is 22.9. The molecule has 14 heavy (non-hydrogen) atoms. The molecule has 1 fully saturated rings. The second-order valence-electron chi connectivity index (χ2n) is 2.97. The second kappa shape index (κ2) is 4.47. The Bertz CT molecular complexity index is 321. The van der Waals surface area contributed by atoms with Crippen molar-refractivity contribution in [3.8, 4) is 0 Å². The van der Waals surface area contributed by atoms with Crippen LogP contribution in [-0.4, -0.2) is 17.7 Å². The summed E-state index contributed by atoms with van der Waals surface area (Å²) in [6.07, 6.45) is -0.192. The van der Waals surface area contributed by atoms with Crippen LogP contribution in [0.3, 0.4) is 0 Å². The maximum atomic E-state index is 6.02. The Morgan fingerprint density at radius 2 is 2.29 bits per heavy atom. The van der Waals surface area contributed by atoms with Gasteiger partial charge in [0.05, 0.1) is 12.7 Å². The van der Waals surface area contributed by atoms with Crippen LogP contribution in [0.2, 0.25) is 5.02 Å². The standard InChI is InChI=1S/C9H10Cl2N2O/c10-5-13-6-12-9(14-13)7-3-1-2-4-8(7)11/h1-4,9,12H,5-6H2. The SMILES string of the molecule is ClCN1CNC(c2ccccc2Cl)O1. The van der Waals surface area contributed by atoms with E-state index < -0.39 is 0 Å². The highest BCUT2D eigenvalue weighted by Crippen LogP contribution is 2.26. The molecule has 0 spiro atoms. The summed E-state index contributed by atoms with van der Waals surface area (Å²) >= 11 is 11.7. The van der Waals surface area contributed by atoms with Gasteiger partial charge in [0.25, 0.3) is 0 Å². The van der Waals surface area contributed by atoms with Crippen LogP contribution in [0.1, 0.15) is 11.8 Å². The summed E-state index contributed by atoms with van der Waals surface area (Å²) in [6.45, 7) is 0.611. The minimum atomic E-state index is -0.192. The lowest BCUT2D eigenvalue weighted by atomic mass is 10.2. The zero-order chi connectivity index (χ0) is 9.97. The molecule has 0 amide bonds. The van der Waals surface area contributed by atoms with Gasteiger partial charge in [0, 0.05) is 10.6 Å². The van der Waals surface area contributed by atoms with E-state index >= 15 is 0 Å². The molecule has 1 heterocycles. The van der Waals surface area contributed by atoms with Crippen molar-refractivity contribution in [1.82, 2.24) is 10.4 Å². The van der Waals surface area contributed by atoms with Gasteiger partial charge in [0.1, 0.15) is 0 Å². The third-order valence-corrected chi connectivity index (χ3v) is 2.64. The van der Waals surface area contributed by atoms with Crippen LogP contribution in [0.15, 0.2) is 24.3 Å². The van der Waals surface area contributed by atoms with Crippen molar-refractivity contribution in [3.63, 3.8) is 0 Å². The Hall–Kier alpha value is -0.320. The van der Waals surface area contributed by atoms with Gasteiger partial charge in [-0.05, 0) is 6.07 Å². The first-order valence-corrected chi connectivity index (χ1v) is 5.18. The minimum absolute atomic E-state index is 0.192. The number of hydrogen-bond acceptors (Lipinski definition) is 3. The van der Waals surface area contributed by atoms with Gasteiger partial charge in [-0.25, -0.2) is 0 Å². The van der Waals surface area contributed by atoms with Crippen LogP contribution in [0.5, 0.6) is 0 Å². The third-order valence-electron chi connectivity index (χ3n) is 2.03. The van der Waals surface area contributed by atoms with E-state index in [1.807, 2.05) is 24.3 Å². The van der Waals surface area contributed by atoms with Gasteiger partial charge in [-0.3, -0.25) is 10.2 Å². The summed E-state index contributed by atoms with van der Waals surface area (Å²) < 4.78 is 0. The molecule has 1 unspecified atom stereocenters. The van der Waals surface area contributed by atoms with Crippen molar-refractivity contribution in [2.45, 2.75) is 6.23 Å². The van der Waals surface area contributed by atoms with Gasteiger partial charge in [-0.15, -0.1) is 11.6 Å². The molecule has 0 bridgehead atoms. The van der Waals surface area contributed by atoms with Crippen molar-refractivity contribution in [2.75, 3.05) is 12.7 Å². The van der Waals surface area contributed by atoms with Gasteiger partial charge in [-0.1, -0.05) is 29.8 Å². The van der Waals surface area contributed by atoms with Crippen molar-refractivity contribution in [2.24, 2.45) is 0 Å². The molecule has 0 radical (unpaired) electrons. The molecule has 0 saturated carbocycles. The molecule has 1 aliphatic heterocycles. The largest absolute Gasteiger partial charge is 0.273 e. The van der Waals surface area contributed by atoms with Gasteiger partial charge < -0.3 is 0 Å². The predicted octanol–water partition coefficient (Wildman–Crippen LogP) is 2.33. The molecule has 1 aromatic carbocycles. The lowest BCUT2D eigenvalue weighted by Crippen LogP contribution is -2.18. The molecule has 1 aromatic rings. The zero-order valence-electron chi connectivity index (χ0n) is 7.41. The predicted molar refractivity (Wildman–Crippen MR) is 55.8 cm³/mol. The molecule has 0 aliphatic carbocycles. The summed E-state index contributed by atoms with van der Waals surface area (Å²) in [5.74, 6) is 0. The van der Waals surface area contributed by atoms with E-state index in [9.17, 15) is 0 Å². The van der Waals surface area contributed by atoms with E-state index in [-0.39, 0.29) is 6.23 Å². The molecule has 3 nitrogen and oxygen atoms in total. The van der Waals surface area contributed by atoms with Crippen LogP contribution >= 0.6 is 23.2 Å². The Labute approximate surface area is 92.5 Å². The number of rotatable bonds is 2. The quantitative estimate of drug-likeness (QED) is 0.626. The summed E-state index contributed by atoms with van der Waals surface area (Å²) in [7, 11) is 0. The molecule has 5 heteroatoms. The van der Waals surface area contributed by atoms with E-state index in [2.05, 4.69) is 5.32 Å². The van der Waals surface area contributed by atoms with E-state index in [0.717, 1.165) is 5.56 Å². The lowest BCUT2D eigenvalue weighted by molar-refractivity contribution is -0.135. The van der Waals surface area contributed by atoms with Crippen LogP contribution in [0, 0.1) is 0 Å². The second-order valence-corrected chi connectivity index (χ2v) is 3.62. The summed E-state index contributed by atoms with van der Waals surface area (Å²) in [6, 6.07) is 7.92. The van der Waals surface area contributed by atoms with Gasteiger partial charge in [-0.2, -0.15) is 5.06 Å².